The van der Waals surface area contributed by atoms with E-state index in [9.17, 15) is 4.79 Å². The number of hydrogen-bond donors (Lipinski definition) is 2. The van der Waals surface area contributed by atoms with E-state index in [4.69, 9.17) is 31.8 Å². The third-order valence-corrected chi connectivity index (χ3v) is 5.37. The Labute approximate surface area is 203 Å². The largest absolute Gasteiger partial charge is 0.463 e. The summed E-state index contributed by atoms with van der Waals surface area (Å²) in [4.78, 5) is 23.2. The first kappa shape index (κ1) is 23.5. The minimum Gasteiger partial charge on any atom is -0.463 e. The lowest BCUT2D eigenvalue weighted by Crippen LogP contribution is -2.37. The van der Waals surface area contributed by atoms with Crippen LogP contribution in [0.15, 0.2) is 54.7 Å². The number of ether oxygens (including phenoxy) is 2. The normalized spacial score (nSPS) is 13.8. The molecule has 9 heteroatoms. The molecule has 8 nitrogen and oxygen atoms in total. The number of aromatic nitrogens is 2. The number of nitrogens with one attached hydrogen (secondary N) is 1. The lowest BCUT2D eigenvalue weighted by molar-refractivity contribution is -0.137. The molecule has 0 amide bonds. The summed E-state index contributed by atoms with van der Waals surface area (Å²) in [6.07, 6.45) is 4.95. The van der Waals surface area contributed by atoms with Crippen LogP contribution in [0.3, 0.4) is 0 Å². The van der Waals surface area contributed by atoms with Gasteiger partial charge in [-0.1, -0.05) is 29.8 Å². The molecule has 4 rings (SSSR count). The second kappa shape index (κ2) is 11.0. The lowest BCUT2D eigenvalue weighted by Gasteiger charge is -2.29. The van der Waals surface area contributed by atoms with Crippen LogP contribution < -0.4 is 16.0 Å². The number of nitrogen functional groups attached to an aromatic ring is 1. The van der Waals surface area contributed by atoms with Crippen LogP contribution in [0.4, 0.5) is 23.1 Å². The highest BCUT2D eigenvalue weighted by Crippen LogP contribution is 2.32. The molecule has 0 atom stereocenters. The standard InChI is InChI=1S/C25H26ClN5O3/c1-2-34-23(32)7-6-17-4-3-5-18(12-17)22-16-28-25(29-21-14-19(26)13-20(27)15-21)30-24(22)31-8-10-33-11-9-31/h3-7,12-16H,2,8-11,27H2,1H3,(H,28,29,30)/b7-6+. The summed E-state index contributed by atoms with van der Waals surface area (Å²) >= 11 is 6.13. The van der Waals surface area contributed by atoms with Crippen LogP contribution >= 0.6 is 11.6 Å². The molecule has 34 heavy (non-hydrogen) atoms. The molecule has 0 bridgehead atoms. The van der Waals surface area contributed by atoms with Gasteiger partial charge in [0.1, 0.15) is 5.82 Å². The van der Waals surface area contributed by atoms with Crippen molar-refractivity contribution in [2.45, 2.75) is 6.92 Å². The number of carbonyl (C=O) groups is 1. The van der Waals surface area contributed by atoms with Crippen molar-refractivity contribution < 1.29 is 14.3 Å². The molecule has 1 saturated heterocycles. The number of nitrogens with two attached hydrogens (primary N) is 1. The molecule has 3 aromatic rings. The summed E-state index contributed by atoms with van der Waals surface area (Å²) < 4.78 is 10.5. The average Bonchev–Trinajstić information content (AvgIpc) is 2.83. The number of anilines is 4. The number of halogens is 1. The van der Waals surface area contributed by atoms with E-state index >= 15 is 0 Å². The van der Waals surface area contributed by atoms with Gasteiger partial charge in [0.25, 0.3) is 0 Å². The zero-order valence-corrected chi connectivity index (χ0v) is 19.6. The van der Waals surface area contributed by atoms with Gasteiger partial charge in [-0.05, 0) is 48.4 Å². The van der Waals surface area contributed by atoms with Crippen molar-refractivity contribution >= 4 is 46.8 Å². The zero-order chi connectivity index (χ0) is 23.9. The van der Waals surface area contributed by atoms with Gasteiger partial charge in [0.05, 0.1) is 19.8 Å². The van der Waals surface area contributed by atoms with Crippen LogP contribution in [0, 0.1) is 0 Å². The van der Waals surface area contributed by atoms with E-state index in [1.54, 1.807) is 37.4 Å². The molecular weight excluding hydrogens is 454 g/mol. The highest BCUT2D eigenvalue weighted by Gasteiger charge is 2.19. The Kier molecular flexibility index (Phi) is 7.61. The van der Waals surface area contributed by atoms with E-state index in [1.165, 1.54) is 6.08 Å². The summed E-state index contributed by atoms with van der Waals surface area (Å²) in [6.45, 7) is 4.80. The van der Waals surface area contributed by atoms with Gasteiger partial charge in [-0.2, -0.15) is 4.98 Å². The Balaban J connectivity index is 1.68. The fraction of sp³-hybridized carbons (Fsp3) is 0.240. The van der Waals surface area contributed by atoms with Crippen molar-refractivity contribution in [3.05, 3.63) is 65.3 Å². The number of carbonyl (C=O) groups excluding carboxylic acids is 1. The SMILES string of the molecule is CCOC(=O)/C=C/c1cccc(-c2cnc(Nc3cc(N)cc(Cl)c3)nc2N2CCOCC2)c1. The molecular formula is C25H26ClN5O3. The topological polar surface area (TPSA) is 103 Å². The maximum absolute atomic E-state index is 11.7. The number of benzene rings is 2. The van der Waals surface area contributed by atoms with Gasteiger partial charge in [-0.15, -0.1) is 0 Å². The van der Waals surface area contributed by atoms with Crippen LogP contribution in [-0.4, -0.2) is 48.8 Å². The van der Waals surface area contributed by atoms with Crippen LogP contribution in [0.25, 0.3) is 17.2 Å². The van der Waals surface area contributed by atoms with Crippen molar-refractivity contribution in [1.82, 2.24) is 9.97 Å². The molecule has 0 aliphatic carbocycles. The maximum atomic E-state index is 11.7. The summed E-state index contributed by atoms with van der Waals surface area (Å²) in [5, 5.41) is 3.72. The smallest absolute Gasteiger partial charge is 0.330 e. The van der Waals surface area contributed by atoms with Crippen LogP contribution in [0.5, 0.6) is 0 Å². The Hall–Kier alpha value is -3.62. The first-order valence-electron chi connectivity index (χ1n) is 11.0. The summed E-state index contributed by atoms with van der Waals surface area (Å²) in [7, 11) is 0. The monoisotopic (exact) mass is 479 g/mol. The molecule has 3 N–H and O–H groups in total. The number of rotatable bonds is 7. The second-order valence-electron chi connectivity index (χ2n) is 7.64. The summed E-state index contributed by atoms with van der Waals surface area (Å²) in [5.74, 6) is 0.856. The third-order valence-electron chi connectivity index (χ3n) is 5.15. The van der Waals surface area contributed by atoms with Crippen LogP contribution in [0.2, 0.25) is 5.02 Å². The summed E-state index contributed by atoms with van der Waals surface area (Å²) in [6, 6.07) is 13.1. The van der Waals surface area contributed by atoms with E-state index in [-0.39, 0.29) is 5.97 Å². The fourth-order valence-electron chi connectivity index (χ4n) is 3.63. The quantitative estimate of drug-likeness (QED) is 0.289. The Morgan fingerprint density at radius 3 is 2.85 bits per heavy atom. The Morgan fingerprint density at radius 2 is 2.09 bits per heavy atom. The molecule has 2 aromatic carbocycles. The highest BCUT2D eigenvalue weighted by atomic mass is 35.5. The van der Waals surface area contributed by atoms with Gasteiger partial charge < -0.3 is 25.4 Å². The zero-order valence-electron chi connectivity index (χ0n) is 18.8. The van der Waals surface area contributed by atoms with Crippen molar-refractivity contribution in [1.29, 1.82) is 0 Å². The van der Waals surface area contributed by atoms with E-state index in [2.05, 4.69) is 15.2 Å². The number of morpholine rings is 1. The Morgan fingerprint density at radius 1 is 1.26 bits per heavy atom. The first-order chi connectivity index (χ1) is 16.5. The highest BCUT2D eigenvalue weighted by molar-refractivity contribution is 6.31. The molecule has 1 aliphatic heterocycles. The molecule has 1 aromatic heterocycles. The molecule has 1 aliphatic rings. The molecule has 0 radical (unpaired) electrons. The first-order valence-corrected chi connectivity index (χ1v) is 11.4. The van der Waals surface area contributed by atoms with Crippen LogP contribution in [-0.2, 0) is 14.3 Å². The van der Waals surface area contributed by atoms with Crippen molar-refractivity contribution in [3.8, 4) is 11.1 Å². The van der Waals surface area contributed by atoms with E-state index in [0.717, 1.165) is 35.6 Å². The minimum absolute atomic E-state index is 0.339. The second-order valence-corrected chi connectivity index (χ2v) is 8.08. The molecule has 0 saturated carbocycles. The lowest BCUT2D eigenvalue weighted by atomic mass is 10.0. The van der Waals surface area contributed by atoms with Gasteiger partial charge in [0.2, 0.25) is 5.95 Å². The van der Waals surface area contributed by atoms with Gasteiger partial charge in [-0.3, -0.25) is 0 Å². The van der Waals surface area contributed by atoms with Gasteiger partial charge in [0.15, 0.2) is 0 Å². The fourth-order valence-corrected chi connectivity index (χ4v) is 3.87. The van der Waals surface area contributed by atoms with Crippen molar-refractivity contribution in [2.24, 2.45) is 0 Å². The molecule has 2 heterocycles. The Bertz CT molecular complexity index is 1170. The molecule has 0 spiro atoms. The third kappa shape index (κ3) is 6.03. The van der Waals surface area contributed by atoms with Gasteiger partial charge in [-0.25, -0.2) is 9.78 Å². The number of nitrogens with zero attached hydrogens (tertiary/aromatic N) is 3. The average molecular weight is 480 g/mol. The van der Waals surface area contributed by atoms with E-state index in [0.29, 0.717) is 42.2 Å². The van der Waals surface area contributed by atoms with Gasteiger partial charge >= 0.3 is 5.97 Å². The number of esters is 1. The van der Waals surface area contributed by atoms with E-state index < -0.39 is 0 Å². The maximum Gasteiger partial charge on any atom is 0.330 e. The van der Waals surface area contributed by atoms with Crippen molar-refractivity contribution in [2.75, 3.05) is 48.9 Å². The van der Waals surface area contributed by atoms with Gasteiger partial charge in [0, 0.05) is 47.3 Å². The molecule has 1 fully saturated rings. The molecule has 176 valence electrons. The minimum atomic E-state index is -0.373. The summed E-state index contributed by atoms with van der Waals surface area (Å²) in [5.41, 5.74) is 9.85. The predicted octanol–water partition coefficient (Wildman–Crippen LogP) is 4.54. The predicted molar refractivity (Wildman–Crippen MR) is 135 cm³/mol. The number of hydrogen-bond acceptors (Lipinski definition) is 8. The van der Waals surface area contributed by atoms with Crippen molar-refractivity contribution in [3.63, 3.8) is 0 Å². The van der Waals surface area contributed by atoms with E-state index in [1.807, 2.05) is 24.3 Å². The molecule has 0 unspecified atom stereocenters. The van der Waals surface area contributed by atoms with Crippen LogP contribution in [0.1, 0.15) is 12.5 Å².